The maximum absolute atomic E-state index is 11.4. The highest BCUT2D eigenvalue weighted by atomic mass is 35.5. The zero-order valence-electron chi connectivity index (χ0n) is 18.6. The van der Waals surface area contributed by atoms with Crippen LogP contribution >= 0.6 is 11.6 Å². The number of anilines is 1. The van der Waals surface area contributed by atoms with Crippen LogP contribution in [0.3, 0.4) is 0 Å². The number of rotatable bonds is 6. The number of aliphatic carboxylic acids is 1. The third-order valence-electron chi connectivity index (χ3n) is 6.05. The zero-order chi connectivity index (χ0) is 24.1. The summed E-state index contributed by atoms with van der Waals surface area (Å²) >= 11 is 5.85. The van der Waals surface area contributed by atoms with E-state index in [4.69, 9.17) is 27.6 Å². The molecule has 0 atom stereocenters. The Balaban J connectivity index is 0.000000231. The number of carboxylic acids is 1. The van der Waals surface area contributed by atoms with Gasteiger partial charge in [0.15, 0.2) is 5.76 Å². The van der Waals surface area contributed by atoms with Crippen LogP contribution in [-0.4, -0.2) is 22.8 Å². The van der Waals surface area contributed by atoms with Crippen LogP contribution in [0.15, 0.2) is 83.5 Å². The number of benzene rings is 3. The average Bonchev–Trinajstić information content (AvgIpc) is 3.57. The summed E-state index contributed by atoms with van der Waals surface area (Å²) in [4.78, 5) is 11.4. The number of nitrogens with zero attached hydrogens (tertiary/aromatic N) is 1. The highest BCUT2D eigenvalue weighted by molar-refractivity contribution is 6.31. The highest BCUT2D eigenvalue weighted by Gasteiger charge is 2.51. The summed E-state index contributed by atoms with van der Waals surface area (Å²) in [7, 11) is 0. The third kappa shape index (κ3) is 4.98. The SMILES string of the molecule is NCCc1ccccc1Cl.Nc1cnoc1-c1ccc(-c2ccc(C3(C(=O)O)CC3)cc2)cc1. The van der Waals surface area contributed by atoms with Crippen molar-refractivity contribution >= 4 is 23.3 Å². The van der Waals surface area contributed by atoms with E-state index in [1.165, 1.54) is 6.20 Å². The molecule has 1 aliphatic carbocycles. The molecule has 3 aromatic carbocycles. The molecule has 0 bridgehead atoms. The van der Waals surface area contributed by atoms with E-state index >= 15 is 0 Å². The van der Waals surface area contributed by atoms with E-state index in [2.05, 4.69) is 5.16 Å². The fourth-order valence-electron chi connectivity index (χ4n) is 3.87. The summed E-state index contributed by atoms with van der Waals surface area (Å²) in [5, 5.41) is 13.9. The number of nitrogen functional groups attached to an aromatic ring is 1. The quantitative estimate of drug-likeness (QED) is 0.337. The Kier molecular flexibility index (Phi) is 7.01. The van der Waals surface area contributed by atoms with E-state index in [1.807, 2.05) is 72.8 Å². The Morgan fingerprint density at radius 3 is 2.06 bits per heavy atom. The van der Waals surface area contributed by atoms with Gasteiger partial charge >= 0.3 is 5.97 Å². The first-order chi connectivity index (χ1) is 16.4. The molecule has 0 spiro atoms. The summed E-state index contributed by atoms with van der Waals surface area (Å²) in [5.41, 5.74) is 16.0. The molecule has 0 radical (unpaired) electrons. The van der Waals surface area contributed by atoms with E-state index < -0.39 is 11.4 Å². The van der Waals surface area contributed by atoms with Crippen LogP contribution in [0, 0.1) is 0 Å². The van der Waals surface area contributed by atoms with E-state index in [9.17, 15) is 9.90 Å². The molecule has 7 heteroatoms. The van der Waals surface area contributed by atoms with Crippen LogP contribution < -0.4 is 11.5 Å². The van der Waals surface area contributed by atoms with Crippen LogP contribution in [0.5, 0.6) is 0 Å². The average molecular weight is 476 g/mol. The van der Waals surface area contributed by atoms with Crippen LogP contribution in [0.4, 0.5) is 5.69 Å². The van der Waals surface area contributed by atoms with Gasteiger partial charge in [-0.25, -0.2) is 0 Å². The number of nitrogens with two attached hydrogens (primary N) is 2. The van der Waals surface area contributed by atoms with Crippen molar-refractivity contribution in [3.8, 4) is 22.5 Å². The van der Waals surface area contributed by atoms with Gasteiger partial charge in [0, 0.05) is 10.6 Å². The number of halogens is 1. The van der Waals surface area contributed by atoms with Crippen molar-refractivity contribution in [3.63, 3.8) is 0 Å². The number of carboxylic acid groups (broad SMARTS) is 1. The second-order valence-corrected chi connectivity index (χ2v) is 8.69. The number of hydrogen-bond acceptors (Lipinski definition) is 5. The van der Waals surface area contributed by atoms with Crippen LogP contribution in [0.25, 0.3) is 22.5 Å². The zero-order valence-corrected chi connectivity index (χ0v) is 19.3. The lowest BCUT2D eigenvalue weighted by molar-refractivity contribution is -0.140. The predicted octanol–water partition coefficient (Wildman–Crippen LogP) is 5.55. The Morgan fingerprint density at radius 2 is 1.56 bits per heavy atom. The summed E-state index contributed by atoms with van der Waals surface area (Å²) in [6.45, 7) is 0.656. The first-order valence-corrected chi connectivity index (χ1v) is 11.4. The Labute approximate surface area is 203 Å². The molecule has 5 N–H and O–H groups in total. The smallest absolute Gasteiger partial charge is 0.314 e. The minimum Gasteiger partial charge on any atom is -0.481 e. The van der Waals surface area contributed by atoms with E-state index in [0.717, 1.165) is 52.1 Å². The molecule has 5 rings (SSSR count). The maximum atomic E-state index is 11.4. The molecule has 0 unspecified atom stereocenters. The Morgan fingerprint density at radius 1 is 0.971 bits per heavy atom. The molecule has 1 fully saturated rings. The molecule has 1 saturated carbocycles. The second kappa shape index (κ2) is 10.1. The van der Waals surface area contributed by atoms with Gasteiger partial charge in [-0.3, -0.25) is 4.79 Å². The summed E-state index contributed by atoms with van der Waals surface area (Å²) in [6.07, 6.45) is 3.78. The normalized spacial score (nSPS) is 13.6. The van der Waals surface area contributed by atoms with Crippen molar-refractivity contribution in [1.29, 1.82) is 0 Å². The molecule has 4 aromatic rings. The summed E-state index contributed by atoms with van der Waals surface area (Å²) < 4.78 is 5.15. The monoisotopic (exact) mass is 475 g/mol. The molecule has 1 aliphatic rings. The maximum Gasteiger partial charge on any atom is 0.314 e. The molecular formula is C27H26ClN3O3. The predicted molar refractivity (Wildman–Crippen MR) is 135 cm³/mol. The van der Waals surface area contributed by atoms with E-state index in [1.54, 1.807) is 0 Å². The topological polar surface area (TPSA) is 115 Å². The van der Waals surface area contributed by atoms with Gasteiger partial charge in [0.2, 0.25) is 0 Å². The Hall–Kier alpha value is -3.61. The van der Waals surface area contributed by atoms with Crippen molar-refractivity contribution in [2.45, 2.75) is 24.7 Å². The van der Waals surface area contributed by atoms with Gasteiger partial charge in [0.1, 0.15) is 5.69 Å². The van der Waals surface area contributed by atoms with Crippen LogP contribution in [-0.2, 0) is 16.6 Å². The standard InChI is InChI=1S/C19H16N2O3.C8H10ClN/c20-16-11-21-24-17(16)14-3-1-12(2-4-14)13-5-7-15(8-6-13)19(9-10-19)18(22)23;9-8-4-2-1-3-7(8)5-6-10/h1-8,11H,9-10,20H2,(H,22,23);1-4H,5-6,10H2. The summed E-state index contributed by atoms with van der Waals surface area (Å²) in [6, 6.07) is 23.4. The molecule has 174 valence electrons. The summed E-state index contributed by atoms with van der Waals surface area (Å²) in [5.74, 6) is -0.168. The van der Waals surface area contributed by atoms with Crippen LogP contribution in [0.2, 0.25) is 5.02 Å². The molecule has 1 heterocycles. The minimum absolute atomic E-state index is 0.510. The van der Waals surface area contributed by atoms with Gasteiger partial charge in [0.05, 0.1) is 11.6 Å². The van der Waals surface area contributed by atoms with Crippen molar-refractivity contribution < 1.29 is 14.4 Å². The van der Waals surface area contributed by atoms with Gasteiger partial charge in [-0.1, -0.05) is 83.5 Å². The van der Waals surface area contributed by atoms with Crippen molar-refractivity contribution in [3.05, 3.63) is 95.1 Å². The van der Waals surface area contributed by atoms with Gasteiger partial charge < -0.3 is 21.1 Å². The molecule has 6 nitrogen and oxygen atoms in total. The van der Waals surface area contributed by atoms with Crippen molar-refractivity contribution in [1.82, 2.24) is 5.16 Å². The second-order valence-electron chi connectivity index (χ2n) is 8.28. The lowest BCUT2D eigenvalue weighted by Gasteiger charge is -2.11. The fourth-order valence-corrected chi connectivity index (χ4v) is 4.10. The lowest BCUT2D eigenvalue weighted by Crippen LogP contribution is -2.19. The Bertz CT molecular complexity index is 1260. The van der Waals surface area contributed by atoms with Crippen LogP contribution in [0.1, 0.15) is 24.0 Å². The number of aromatic nitrogens is 1. The first kappa shape index (κ1) is 23.5. The lowest BCUT2D eigenvalue weighted by atomic mass is 9.93. The number of carbonyl (C=O) groups is 1. The highest BCUT2D eigenvalue weighted by Crippen LogP contribution is 2.48. The molecule has 0 saturated heterocycles. The largest absolute Gasteiger partial charge is 0.481 e. The fraction of sp³-hybridized carbons (Fsp3) is 0.185. The van der Waals surface area contributed by atoms with Gasteiger partial charge in [0.25, 0.3) is 0 Å². The molecule has 1 aromatic heterocycles. The molecular weight excluding hydrogens is 450 g/mol. The third-order valence-corrected chi connectivity index (χ3v) is 6.42. The van der Waals surface area contributed by atoms with E-state index in [-0.39, 0.29) is 0 Å². The molecule has 34 heavy (non-hydrogen) atoms. The van der Waals surface area contributed by atoms with Crippen molar-refractivity contribution in [2.24, 2.45) is 5.73 Å². The van der Waals surface area contributed by atoms with Gasteiger partial charge in [-0.05, 0) is 54.1 Å². The van der Waals surface area contributed by atoms with Crippen molar-refractivity contribution in [2.75, 3.05) is 12.3 Å². The number of hydrogen-bond donors (Lipinski definition) is 3. The van der Waals surface area contributed by atoms with Gasteiger partial charge in [-0.15, -0.1) is 0 Å². The van der Waals surface area contributed by atoms with E-state index in [0.29, 0.717) is 18.0 Å². The minimum atomic E-state index is -0.732. The molecule has 0 aliphatic heterocycles. The molecule has 0 amide bonds. The van der Waals surface area contributed by atoms with Gasteiger partial charge in [-0.2, -0.15) is 0 Å². The first-order valence-electron chi connectivity index (χ1n) is 11.0.